The van der Waals surface area contributed by atoms with Gasteiger partial charge in [-0.05, 0) is 53.0 Å². The third-order valence-electron chi connectivity index (χ3n) is 3.92. The van der Waals surface area contributed by atoms with Crippen molar-refractivity contribution in [2.45, 2.75) is 18.9 Å². The van der Waals surface area contributed by atoms with Crippen molar-refractivity contribution in [3.8, 4) is 5.75 Å². The Bertz CT molecular complexity index is 618. The fourth-order valence-electron chi connectivity index (χ4n) is 2.81. The van der Waals surface area contributed by atoms with Crippen LogP contribution >= 0.6 is 15.9 Å². The molecule has 1 aromatic carbocycles. The van der Waals surface area contributed by atoms with E-state index < -0.39 is 0 Å². The van der Waals surface area contributed by atoms with E-state index in [1.807, 2.05) is 30.5 Å². The van der Waals surface area contributed by atoms with Gasteiger partial charge in [-0.2, -0.15) is 0 Å². The van der Waals surface area contributed by atoms with Crippen molar-refractivity contribution in [1.29, 1.82) is 0 Å². The molecule has 0 saturated carbocycles. The number of piperidine rings is 1. The minimum atomic E-state index is 0.411. The van der Waals surface area contributed by atoms with E-state index in [0.29, 0.717) is 6.04 Å². The molecule has 5 heteroatoms. The van der Waals surface area contributed by atoms with Crippen molar-refractivity contribution >= 4 is 27.4 Å². The molecule has 1 unspecified atom stereocenters. The molecule has 1 saturated heterocycles. The first-order chi connectivity index (χ1) is 10.7. The quantitative estimate of drug-likeness (QED) is 0.894. The number of ether oxygens (including phenoxy) is 1. The van der Waals surface area contributed by atoms with Gasteiger partial charge in [0.05, 0.1) is 7.11 Å². The number of halogens is 1. The van der Waals surface area contributed by atoms with Gasteiger partial charge in [0.2, 0.25) is 0 Å². The number of aromatic nitrogens is 1. The lowest BCUT2D eigenvalue weighted by Crippen LogP contribution is -2.42. The number of hydrogen-bond donors (Lipinski definition) is 1. The summed E-state index contributed by atoms with van der Waals surface area (Å²) in [4.78, 5) is 6.81. The van der Waals surface area contributed by atoms with E-state index >= 15 is 0 Å². The lowest BCUT2D eigenvalue weighted by molar-refractivity contribution is 0.414. The Morgan fingerprint density at radius 2 is 2.23 bits per heavy atom. The molecule has 0 radical (unpaired) electrons. The third-order valence-corrected chi connectivity index (χ3v) is 4.39. The zero-order valence-electron chi connectivity index (χ0n) is 12.6. The molecule has 0 aliphatic carbocycles. The lowest BCUT2D eigenvalue weighted by Gasteiger charge is -2.35. The minimum absolute atomic E-state index is 0.411. The molecule has 3 rings (SSSR count). The Labute approximate surface area is 139 Å². The van der Waals surface area contributed by atoms with Crippen LogP contribution in [0.4, 0.5) is 11.5 Å². The van der Waals surface area contributed by atoms with Gasteiger partial charge in [-0.15, -0.1) is 0 Å². The summed E-state index contributed by atoms with van der Waals surface area (Å²) in [6.45, 7) is 2.06. The van der Waals surface area contributed by atoms with Crippen LogP contribution in [-0.2, 0) is 0 Å². The molecular weight excluding hydrogens is 342 g/mol. The van der Waals surface area contributed by atoms with E-state index in [9.17, 15) is 0 Å². The summed E-state index contributed by atoms with van der Waals surface area (Å²) in [5.41, 5.74) is 1.22. The summed E-state index contributed by atoms with van der Waals surface area (Å²) in [6.07, 6.45) is 4.16. The van der Waals surface area contributed by atoms with Gasteiger partial charge in [-0.1, -0.05) is 6.07 Å². The molecule has 116 valence electrons. The van der Waals surface area contributed by atoms with Crippen molar-refractivity contribution in [1.82, 2.24) is 4.98 Å². The topological polar surface area (TPSA) is 37.4 Å². The van der Waals surface area contributed by atoms with Crippen molar-refractivity contribution in [3.05, 3.63) is 47.1 Å². The van der Waals surface area contributed by atoms with Crippen LogP contribution in [0, 0.1) is 0 Å². The molecule has 1 aromatic heterocycles. The highest BCUT2D eigenvalue weighted by molar-refractivity contribution is 9.10. The Balaban J connectivity index is 1.67. The highest BCUT2D eigenvalue weighted by Crippen LogP contribution is 2.25. The van der Waals surface area contributed by atoms with E-state index in [0.717, 1.165) is 35.6 Å². The first-order valence-electron chi connectivity index (χ1n) is 7.52. The standard InChI is InChI=1S/C17H20BrN3O/c1-22-16-6-2-5-15(10-16)21-9-3-4-14(12-21)20-17-8-7-13(18)11-19-17/h2,5-8,10-11,14H,3-4,9,12H2,1H3,(H,19,20). The molecule has 2 aromatic rings. The van der Waals surface area contributed by atoms with E-state index in [1.54, 1.807) is 7.11 Å². The summed E-state index contributed by atoms with van der Waals surface area (Å²) < 4.78 is 6.32. The van der Waals surface area contributed by atoms with E-state index in [1.165, 1.54) is 12.1 Å². The molecule has 1 N–H and O–H groups in total. The highest BCUT2D eigenvalue weighted by atomic mass is 79.9. The molecule has 1 aliphatic heterocycles. The molecule has 1 aliphatic rings. The van der Waals surface area contributed by atoms with Crippen LogP contribution in [0.5, 0.6) is 5.75 Å². The van der Waals surface area contributed by atoms with Crippen LogP contribution in [0.15, 0.2) is 47.1 Å². The van der Waals surface area contributed by atoms with Gasteiger partial charge in [0.15, 0.2) is 0 Å². The molecule has 4 nitrogen and oxygen atoms in total. The van der Waals surface area contributed by atoms with Crippen LogP contribution < -0.4 is 15.0 Å². The monoisotopic (exact) mass is 361 g/mol. The summed E-state index contributed by atoms with van der Waals surface area (Å²) >= 11 is 3.41. The van der Waals surface area contributed by atoms with E-state index in [4.69, 9.17) is 4.74 Å². The van der Waals surface area contributed by atoms with Crippen LogP contribution in [0.3, 0.4) is 0 Å². The molecule has 1 atom stereocenters. The zero-order valence-corrected chi connectivity index (χ0v) is 14.2. The van der Waals surface area contributed by atoms with Gasteiger partial charge in [0, 0.05) is 41.6 Å². The maximum absolute atomic E-state index is 5.32. The predicted octanol–water partition coefficient (Wildman–Crippen LogP) is 3.93. The molecule has 0 spiro atoms. The number of hydrogen-bond acceptors (Lipinski definition) is 4. The largest absolute Gasteiger partial charge is 0.497 e. The van der Waals surface area contributed by atoms with Gasteiger partial charge in [-0.25, -0.2) is 4.98 Å². The molecule has 2 heterocycles. The molecule has 0 amide bonds. The van der Waals surface area contributed by atoms with Gasteiger partial charge in [0.25, 0.3) is 0 Å². The van der Waals surface area contributed by atoms with Crippen LogP contribution in [0.25, 0.3) is 0 Å². The van der Waals surface area contributed by atoms with Crippen molar-refractivity contribution in [2.75, 3.05) is 30.4 Å². The smallest absolute Gasteiger partial charge is 0.126 e. The Hall–Kier alpha value is -1.75. The van der Waals surface area contributed by atoms with Gasteiger partial charge in [-0.3, -0.25) is 0 Å². The molecule has 22 heavy (non-hydrogen) atoms. The average molecular weight is 362 g/mol. The Kier molecular flexibility index (Phi) is 4.83. The van der Waals surface area contributed by atoms with Crippen molar-refractivity contribution in [3.63, 3.8) is 0 Å². The maximum atomic E-state index is 5.32. The number of nitrogens with one attached hydrogen (secondary N) is 1. The second kappa shape index (κ2) is 7.01. The summed E-state index contributed by atoms with van der Waals surface area (Å²) in [5.74, 6) is 1.84. The lowest BCUT2D eigenvalue weighted by atomic mass is 10.0. The van der Waals surface area contributed by atoms with Crippen molar-refractivity contribution < 1.29 is 4.74 Å². The first kappa shape index (κ1) is 15.2. The second-order valence-corrected chi connectivity index (χ2v) is 6.41. The number of rotatable bonds is 4. The SMILES string of the molecule is COc1cccc(N2CCCC(Nc3ccc(Br)cn3)C2)c1. The van der Waals surface area contributed by atoms with Gasteiger partial charge < -0.3 is 15.0 Å². The fourth-order valence-corrected chi connectivity index (χ4v) is 3.04. The fraction of sp³-hybridized carbons (Fsp3) is 0.353. The molecule has 0 bridgehead atoms. The number of nitrogens with zero attached hydrogens (tertiary/aromatic N) is 2. The van der Waals surface area contributed by atoms with Crippen LogP contribution in [-0.4, -0.2) is 31.2 Å². The van der Waals surface area contributed by atoms with Gasteiger partial charge >= 0.3 is 0 Å². The third kappa shape index (κ3) is 3.71. The highest BCUT2D eigenvalue weighted by Gasteiger charge is 2.20. The van der Waals surface area contributed by atoms with Crippen LogP contribution in [0.1, 0.15) is 12.8 Å². The van der Waals surface area contributed by atoms with Crippen LogP contribution in [0.2, 0.25) is 0 Å². The normalized spacial score (nSPS) is 18.1. The molecule has 1 fully saturated rings. The number of anilines is 2. The van der Waals surface area contributed by atoms with Crippen molar-refractivity contribution in [2.24, 2.45) is 0 Å². The summed E-state index contributed by atoms with van der Waals surface area (Å²) in [6, 6.07) is 12.7. The number of benzene rings is 1. The number of pyridine rings is 1. The molecular formula is C17H20BrN3O. The predicted molar refractivity (Wildman–Crippen MR) is 93.8 cm³/mol. The first-order valence-corrected chi connectivity index (χ1v) is 8.31. The summed E-state index contributed by atoms with van der Waals surface area (Å²) in [5, 5.41) is 3.53. The maximum Gasteiger partial charge on any atom is 0.126 e. The van der Waals surface area contributed by atoms with E-state index in [-0.39, 0.29) is 0 Å². The second-order valence-electron chi connectivity index (χ2n) is 5.49. The Morgan fingerprint density at radius 1 is 1.32 bits per heavy atom. The number of methoxy groups -OCH3 is 1. The van der Waals surface area contributed by atoms with E-state index in [2.05, 4.69) is 43.3 Å². The summed E-state index contributed by atoms with van der Waals surface area (Å²) in [7, 11) is 1.71. The van der Waals surface area contributed by atoms with Gasteiger partial charge in [0.1, 0.15) is 11.6 Å². The average Bonchev–Trinajstić information content (AvgIpc) is 2.57. The minimum Gasteiger partial charge on any atom is -0.497 e. The Morgan fingerprint density at radius 3 is 3.00 bits per heavy atom. The zero-order chi connectivity index (χ0) is 15.4.